The van der Waals surface area contributed by atoms with E-state index in [9.17, 15) is 4.39 Å². The molecular weight excluding hydrogens is 486 g/mol. The molecule has 4 heterocycles. The Kier molecular flexibility index (Phi) is 6.51. The van der Waals surface area contributed by atoms with Gasteiger partial charge in [-0.3, -0.25) is 0 Å². The molecule has 0 aliphatic carbocycles. The first-order valence-electron chi connectivity index (χ1n) is 13.3. The number of hydrogen-bond acceptors (Lipinski definition) is 6. The average Bonchev–Trinajstić information content (AvgIpc) is 3.33. The summed E-state index contributed by atoms with van der Waals surface area (Å²) in [5.74, 6) is 1.03. The fourth-order valence-corrected chi connectivity index (χ4v) is 5.55. The lowest BCUT2D eigenvalue weighted by Crippen LogP contribution is -2.38. The van der Waals surface area contributed by atoms with E-state index in [0.717, 1.165) is 54.4 Å². The molecule has 6 rings (SSSR count). The molecule has 2 aliphatic heterocycles. The summed E-state index contributed by atoms with van der Waals surface area (Å²) >= 11 is 0. The normalized spacial score (nSPS) is 16.7. The third-order valence-electron chi connectivity index (χ3n) is 7.69. The molecule has 2 aromatic carbocycles. The number of rotatable bonds is 5. The first-order valence-corrected chi connectivity index (χ1v) is 13.3. The summed E-state index contributed by atoms with van der Waals surface area (Å²) in [7, 11) is 2.15. The van der Waals surface area contributed by atoms with Crippen molar-refractivity contribution in [2.75, 3.05) is 38.2 Å². The second-order valence-corrected chi connectivity index (χ2v) is 10.7. The van der Waals surface area contributed by atoms with Crippen LogP contribution in [0.5, 0.6) is 5.75 Å². The number of anilines is 1. The first kappa shape index (κ1) is 24.8. The van der Waals surface area contributed by atoms with Gasteiger partial charge in [-0.05, 0) is 76.7 Å². The molecular formula is C30H32F2N4O2. The van der Waals surface area contributed by atoms with Crippen LogP contribution in [0.15, 0.2) is 47.0 Å². The molecule has 0 radical (unpaired) electrons. The smallest absolute Gasteiger partial charge is 0.178 e. The molecule has 0 amide bonds. The second-order valence-electron chi connectivity index (χ2n) is 10.7. The molecule has 6 nitrogen and oxygen atoms in total. The number of hydrogen-bond donors (Lipinski definition) is 0. The van der Waals surface area contributed by atoms with Crippen LogP contribution in [-0.2, 0) is 6.42 Å². The number of nitrogens with zero attached hydrogens (tertiary/aromatic N) is 4. The molecule has 38 heavy (non-hydrogen) atoms. The highest BCUT2D eigenvalue weighted by molar-refractivity contribution is 5.79. The molecule has 0 saturated carbocycles. The van der Waals surface area contributed by atoms with Crippen LogP contribution in [0.2, 0.25) is 0 Å². The molecule has 2 aromatic heterocycles. The quantitative estimate of drug-likeness (QED) is 0.315. The number of benzene rings is 2. The van der Waals surface area contributed by atoms with E-state index in [4.69, 9.17) is 9.15 Å². The Morgan fingerprint density at radius 3 is 2.63 bits per heavy atom. The Labute approximate surface area is 221 Å². The highest BCUT2D eigenvalue weighted by Crippen LogP contribution is 2.39. The predicted octanol–water partition coefficient (Wildman–Crippen LogP) is 6.18. The van der Waals surface area contributed by atoms with E-state index < -0.39 is 11.6 Å². The maximum Gasteiger partial charge on any atom is 0.178 e. The van der Waals surface area contributed by atoms with Gasteiger partial charge in [-0.2, -0.15) is 0 Å². The molecule has 0 atom stereocenters. The Morgan fingerprint density at radius 1 is 1.03 bits per heavy atom. The van der Waals surface area contributed by atoms with E-state index in [1.54, 1.807) is 6.07 Å². The van der Waals surface area contributed by atoms with Gasteiger partial charge in [0, 0.05) is 29.3 Å². The van der Waals surface area contributed by atoms with Crippen LogP contribution in [0.3, 0.4) is 0 Å². The molecule has 0 unspecified atom stereocenters. The van der Waals surface area contributed by atoms with Gasteiger partial charge < -0.3 is 19.0 Å². The van der Waals surface area contributed by atoms with Crippen LogP contribution >= 0.6 is 0 Å². The molecule has 198 valence electrons. The lowest BCUT2D eigenvalue weighted by Gasteiger charge is -2.34. The summed E-state index contributed by atoms with van der Waals surface area (Å²) < 4.78 is 41.8. The monoisotopic (exact) mass is 518 g/mol. The standard InChI is InChI=1S/C30H32F2N4O2/c1-18(2)36-10-11-37-30-23(31)14-22(15-25(30)36)29-24(32)17-33-28(34-29)13-19-4-5-21-16-27(38-26(21)12-19)20-6-8-35(3)9-7-20/h4-5,12,14-18,20H,6-11,13H2,1-3H3. The Morgan fingerprint density at radius 2 is 1.84 bits per heavy atom. The molecule has 1 fully saturated rings. The summed E-state index contributed by atoms with van der Waals surface area (Å²) in [6.45, 7) is 7.28. The zero-order chi connectivity index (χ0) is 26.4. The fourth-order valence-electron chi connectivity index (χ4n) is 5.55. The van der Waals surface area contributed by atoms with Crippen molar-refractivity contribution in [2.45, 2.75) is 45.1 Å². The van der Waals surface area contributed by atoms with E-state index in [1.165, 1.54) is 6.07 Å². The molecule has 1 saturated heterocycles. The molecule has 0 spiro atoms. The van der Waals surface area contributed by atoms with Crippen molar-refractivity contribution in [3.63, 3.8) is 0 Å². The number of halogens is 2. The van der Waals surface area contributed by atoms with Gasteiger partial charge in [-0.25, -0.2) is 18.7 Å². The number of piperidine rings is 1. The second kappa shape index (κ2) is 9.98. The number of likely N-dealkylation sites (tertiary alicyclic amines) is 1. The van der Waals surface area contributed by atoms with Crippen molar-refractivity contribution in [1.29, 1.82) is 0 Å². The van der Waals surface area contributed by atoms with Gasteiger partial charge >= 0.3 is 0 Å². The van der Waals surface area contributed by atoms with Gasteiger partial charge in [-0.15, -0.1) is 0 Å². The maximum absolute atomic E-state index is 15.0. The lowest BCUT2D eigenvalue weighted by molar-refractivity contribution is 0.242. The largest absolute Gasteiger partial charge is 0.486 e. The molecule has 0 bridgehead atoms. The fraction of sp³-hybridized carbons (Fsp3) is 0.400. The molecule has 2 aliphatic rings. The lowest BCUT2D eigenvalue weighted by atomic mass is 9.94. The minimum Gasteiger partial charge on any atom is -0.486 e. The van der Waals surface area contributed by atoms with Gasteiger partial charge in [0.25, 0.3) is 0 Å². The summed E-state index contributed by atoms with van der Waals surface area (Å²) in [5.41, 5.74) is 2.86. The van der Waals surface area contributed by atoms with Crippen molar-refractivity contribution in [1.82, 2.24) is 14.9 Å². The molecule has 8 heteroatoms. The van der Waals surface area contributed by atoms with E-state index in [0.29, 0.717) is 42.6 Å². The minimum absolute atomic E-state index is 0.0783. The zero-order valence-electron chi connectivity index (χ0n) is 22.0. The summed E-state index contributed by atoms with van der Waals surface area (Å²) in [5, 5.41) is 1.07. The Hall–Kier alpha value is -3.52. The SMILES string of the molecule is CC(C)N1CCOc2c(F)cc(-c3nc(Cc4ccc5cc(C6CCN(C)CC6)oc5c4)ncc3F)cc21. The van der Waals surface area contributed by atoms with Crippen LogP contribution in [0, 0.1) is 11.6 Å². The summed E-state index contributed by atoms with van der Waals surface area (Å²) in [6.07, 6.45) is 3.76. The highest BCUT2D eigenvalue weighted by atomic mass is 19.1. The van der Waals surface area contributed by atoms with Crippen LogP contribution in [0.4, 0.5) is 14.5 Å². The number of aromatic nitrogens is 2. The van der Waals surface area contributed by atoms with E-state index in [-0.39, 0.29) is 17.5 Å². The third-order valence-corrected chi connectivity index (χ3v) is 7.69. The van der Waals surface area contributed by atoms with Crippen molar-refractivity contribution < 1.29 is 17.9 Å². The zero-order valence-corrected chi connectivity index (χ0v) is 22.0. The topological polar surface area (TPSA) is 54.6 Å². The van der Waals surface area contributed by atoms with E-state index in [2.05, 4.69) is 38.9 Å². The molecule has 4 aromatic rings. The Balaban J connectivity index is 1.28. The van der Waals surface area contributed by atoms with Crippen molar-refractivity contribution in [3.05, 3.63) is 71.4 Å². The van der Waals surface area contributed by atoms with Crippen LogP contribution in [0.1, 0.15) is 49.8 Å². The van der Waals surface area contributed by atoms with Gasteiger partial charge in [0.1, 0.15) is 29.5 Å². The number of furan rings is 1. The van der Waals surface area contributed by atoms with Gasteiger partial charge in [0.15, 0.2) is 17.4 Å². The molecule has 0 N–H and O–H groups in total. The van der Waals surface area contributed by atoms with Crippen LogP contribution in [-0.4, -0.2) is 54.2 Å². The van der Waals surface area contributed by atoms with Crippen LogP contribution in [0.25, 0.3) is 22.2 Å². The van der Waals surface area contributed by atoms with Crippen molar-refractivity contribution >= 4 is 16.7 Å². The average molecular weight is 519 g/mol. The van der Waals surface area contributed by atoms with Crippen molar-refractivity contribution in [2.24, 2.45) is 0 Å². The summed E-state index contributed by atoms with van der Waals surface area (Å²) in [6, 6.07) is 11.4. The predicted molar refractivity (Wildman–Crippen MR) is 144 cm³/mol. The first-order chi connectivity index (χ1) is 18.4. The number of fused-ring (bicyclic) bond motifs is 2. The number of ether oxygens (including phenoxy) is 1. The minimum atomic E-state index is -0.592. The third kappa shape index (κ3) is 4.73. The van der Waals surface area contributed by atoms with Gasteiger partial charge in [0.05, 0.1) is 18.4 Å². The van der Waals surface area contributed by atoms with Gasteiger partial charge in [0.2, 0.25) is 0 Å². The van der Waals surface area contributed by atoms with Crippen LogP contribution < -0.4 is 9.64 Å². The van der Waals surface area contributed by atoms with Crippen molar-refractivity contribution in [3.8, 4) is 17.0 Å². The maximum atomic E-state index is 15.0. The highest BCUT2D eigenvalue weighted by Gasteiger charge is 2.26. The Bertz CT molecular complexity index is 1480. The van der Waals surface area contributed by atoms with Gasteiger partial charge in [-0.1, -0.05) is 12.1 Å². The summed E-state index contributed by atoms with van der Waals surface area (Å²) in [4.78, 5) is 13.2. The van der Waals surface area contributed by atoms with E-state index in [1.807, 2.05) is 26.0 Å². The van der Waals surface area contributed by atoms with E-state index >= 15 is 4.39 Å².